The molecule has 0 unspecified atom stereocenters. The summed E-state index contributed by atoms with van der Waals surface area (Å²) in [6.07, 6.45) is -0.746. The molecule has 1 aromatic carbocycles. The van der Waals surface area contributed by atoms with Crippen LogP contribution in [0.3, 0.4) is 0 Å². The van der Waals surface area contributed by atoms with Crippen molar-refractivity contribution in [3.8, 4) is 0 Å². The standard InChI is InChI=1S/C12H11FN2O5S/c13-8-1-3-10(4-2-8)21(18,19)14-5-9(6-14)15-11(16)7-20-12(15)17/h1-4,9H,5-7H2. The number of rotatable bonds is 3. The Morgan fingerprint density at radius 1 is 1.14 bits per heavy atom. The highest BCUT2D eigenvalue weighted by Crippen LogP contribution is 2.26. The molecule has 2 heterocycles. The maximum atomic E-state index is 12.8. The van der Waals surface area contributed by atoms with E-state index in [2.05, 4.69) is 4.74 Å². The first-order valence-corrected chi connectivity index (χ1v) is 7.58. The molecule has 0 aliphatic carbocycles. The Bertz CT molecular complexity index is 681. The van der Waals surface area contributed by atoms with Gasteiger partial charge in [0.1, 0.15) is 5.82 Å². The van der Waals surface area contributed by atoms with Crippen molar-refractivity contribution in [1.29, 1.82) is 0 Å². The maximum Gasteiger partial charge on any atom is 0.417 e. The fraction of sp³-hybridized carbons (Fsp3) is 0.333. The minimum atomic E-state index is -3.74. The van der Waals surface area contributed by atoms with Crippen LogP contribution in [0, 0.1) is 5.82 Å². The fourth-order valence-electron chi connectivity index (χ4n) is 2.25. The number of nitrogens with zero attached hydrogens (tertiary/aromatic N) is 2. The predicted molar refractivity (Wildman–Crippen MR) is 67.1 cm³/mol. The van der Waals surface area contributed by atoms with Crippen molar-refractivity contribution in [2.75, 3.05) is 19.7 Å². The molecule has 2 aliphatic heterocycles. The predicted octanol–water partition coefficient (Wildman–Crippen LogP) is 0.177. The van der Waals surface area contributed by atoms with Crippen LogP contribution in [0.15, 0.2) is 29.2 Å². The third-order valence-electron chi connectivity index (χ3n) is 3.43. The zero-order valence-corrected chi connectivity index (χ0v) is 11.5. The van der Waals surface area contributed by atoms with Crippen LogP contribution in [0.2, 0.25) is 0 Å². The van der Waals surface area contributed by atoms with Crippen LogP contribution in [0.1, 0.15) is 0 Å². The van der Waals surface area contributed by atoms with E-state index in [0.717, 1.165) is 21.3 Å². The number of hydrogen-bond acceptors (Lipinski definition) is 5. The van der Waals surface area contributed by atoms with Gasteiger partial charge in [-0.1, -0.05) is 0 Å². The number of amides is 2. The quantitative estimate of drug-likeness (QED) is 0.794. The molecular weight excluding hydrogens is 303 g/mol. The lowest BCUT2D eigenvalue weighted by Crippen LogP contribution is -2.62. The molecule has 3 rings (SSSR count). The number of carbonyl (C=O) groups is 2. The van der Waals surface area contributed by atoms with E-state index in [9.17, 15) is 22.4 Å². The minimum Gasteiger partial charge on any atom is -0.439 e. The summed E-state index contributed by atoms with van der Waals surface area (Å²) in [5.41, 5.74) is 0. The molecule has 2 amide bonds. The van der Waals surface area contributed by atoms with Crippen molar-refractivity contribution in [3.63, 3.8) is 0 Å². The fourth-order valence-corrected chi connectivity index (χ4v) is 3.76. The summed E-state index contributed by atoms with van der Waals surface area (Å²) < 4.78 is 43.0. The van der Waals surface area contributed by atoms with Crippen LogP contribution in [0.25, 0.3) is 0 Å². The van der Waals surface area contributed by atoms with Crippen LogP contribution < -0.4 is 0 Å². The van der Waals surface area contributed by atoms with E-state index in [-0.39, 0.29) is 24.6 Å². The van der Waals surface area contributed by atoms with Crippen LogP contribution >= 0.6 is 0 Å². The molecule has 9 heteroatoms. The molecule has 2 saturated heterocycles. The number of benzene rings is 1. The Hall–Kier alpha value is -2.00. The maximum absolute atomic E-state index is 12.8. The monoisotopic (exact) mass is 314 g/mol. The van der Waals surface area contributed by atoms with E-state index in [1.807, 2.05) is 0 Å². The van der Waals surface area contributed by atoms with Crippen molar-refractivity contribution < 1.29 is 27.1 Å². The summed E-state index contributed by atoms with van der Waals surface area (Å²) in [6.45, 7) is -0.277. The van der Waals surface area contributed by atoms with Gasteiger partial charge < -0.3 is 4.74 Å². The third-order valence-corrected chi connectivity index (χ3v) is 5.28. The third kappa shape index (κ3) is 2.28. The lowest BCUT2D eigenvalue weighted by molar-refractivity contribution is -0.128. The molecule has 0 saturated carbocycles. The first-order chi connectivity index (χ1) is 9.89. The normalized spacial score (nSPS) is 20.5. The zero-order chi connectivity index (χ0) is 15.2. The van der Waals surface area contributed by atoms with Gasteiger partial charge in [0.25, 0.3) is 5.91 Å². The molecule has 2 aliphatic rings. The second kappa shape index (κ2) is 4.78. The summed E-state index contributed by atoms with van der Waals surface area (Å²) in [5.74, 6) is -0.996. The van der Waals surface area contributed by atoms with E-state index in [1.165, 1.54) is 12.1 Å². The Morgan fingerprint density at radius 2 is 1.76 bits per heavy atom. The second-order valence-electron chi connectivity index (χ2n) is 4.75. The van der Waals surface area contributed by atoms with Gasteiger partial charge in [0.2, 0.25) is 10.0 Å². The summed E-state index contributed by atoms with van der Waals surface area (Å²) in [5, 5.41) is 0. The number of sulfonamides is 1. The highest BCUT2D eigenvalue weighted by atomic mass is 32.2. The molecule has 7 nitrogen and oxygen atoms in total. The average molecular weight is 314 g/mol. The molecule has 21 heavy (non-hydrogen) atoms. The molecule has 0 atom stereocenters. The van der Waals surface area contributed by atoms with Gasteiger partial charge in [-0.15, -0.1) is 0 Å². The first-order valence-electron chi connectivity index (χ1n) is 6.14. The Labute approximate surface area is 119 Å². The average Bonchev–Trinajstić information content (AvgIpc) is 2.69. The van der Waals surface area contributed by atoms with E-state index < -0.39 is 33.9 Å². The summed E-state index contributed by atoms with van der Waals surface area (Å²) >= 11 is 0. The van der Waals surface area contributed by atoms with Crippen molar-refractivity contribution in [1.82, 2.24) is 9.21 Å². The van der Waals surface area contributed by atoms with E-state index >= 15 is 0 Å². The molecule has 0 bridgehead atoms. The summed E-state index contributed by atoms with van der Waals surface area (Å²) in [6, 6.07) is 3.96. The van der Waals surface area contributed by atoms with Crippen molar-refractivity contribution >= 4 is 22.0 Å². The van der Waals surface area contributed by atoms with E-state index in [0.29, 0.717) is 0 Å². The first kappa shape index (κ1) is 14.0. The van der Waals surface area contributed by atoms with Crippen LogP contribution in [0.4, 0.5) is 9.18 Å². The van der Waals surface area contributed by atoms with E-state index in [1.54, 1.807) is 0 Å². The number of carbonyl (C=O) groups excluding carboxylic acids is 2. The van der Waals surface area contributed by atoms with Gasteiger partial charge in [0.05, 0.1) is 10.9 Å². The summed E-state index contributed by atoms with van der Waals surface area (Å²) in [7, 11) is -3.74. The smallest absolute Gasteiger partial charge is 0.417 e. The van der Waals surface area contributed by atoms with Gasteiger partial charge in [-0.2, -0.15) is 4.31 Å². The minimum absolute atomic E-state index is 0.0144. The molecular formula is C12H11FN2O5S. The van der Waals surface area contributed by atoms with Crippen LogP contribution in [0.5, 0.6) is 0 Å². The number of hydrogen-bond donors (Lipinski definition) is 0. The molecule has 0 N–H and O–H groups in total. The number of imide groups is 1. The highest BCUT2D eigenvalue weighted by Gasteiger charge is 2.46. The van der Waals surface area contributed by atoms with Gasteiger partial charge in [-0.3, -0.25) is 4.79 Å². The lowest BCUT2D eigenvalue weighted by atomic mass is 10.1. The molecule has 0 aromatic heterocycles. The van der Waals surface area contributed by atoms with Gasteiger partial charge in [0.15, 0.2) is 6.61 Å². The molecule has 2 fully saturated rings. The van der Waals surface area contributed by atoms with Gasteiger partial charge >= 0.3 is 6.09 Å². The molecule has 0 radical (unpaired) electrons. The van der Waals surface area contributed by atoms with Gasteiger partial charge in [0, 0.05) is 13.1 Å². The number of halogens is 1. The molecule has 112 valence electrons. The van der Waals surface area contributed by atoms with Crippen LogP contribution in [-0.2, 0) is 19.6 Å². The Morgan fingerprint density at radius 3 is 2.29 bits per heavy atom. The van der Waals surface area contributed by atoms with Crippen molar-refractivity contribution in [2.45, 2.75) is 10.9 Å². The summed E-state index contributed by atoms with van der Waals surface area (Å²) in [4.78, 5) is 23.7. The lowest BCUT2D eigenvalue weighted by Gasteiger charge is -2.40. The number of ether oxygens (including phenoxy) is 1. The second-order valence-corrected chi connectivity index (χ2v) is 6.69. The number of cyclic esters (lactones) is 1. The van der Waals surface area contributed by atoms with E-state index in [4.69, 9.17) is 0 Å². The SMILES string of the molecule is O=C1COC(=O)N1C1CN(S(=O)(=O)c2ccc(F)cc2)C1. The highest BCUT2D eigenvalue weighted by molar-refractivity contribution is 7.89. The largest absolute Gasteiger partial charge is 0.439 e. The van der Waals surface area contributed by atoms with Gasteiger partial charge in [-0.05, 0) is 24.3 Å². The Kier molecular flexibility index (Phi) is 3.18. The topological polar surface area (TPSA) is 84.0 Å². The molecule has 1 aromatic rings. The van der Waals surface area contributed by atoms with Crippen molar-refractivity contribution in [2.24, 2.45) is 0 Å². The van der Waals surface area contributed by atoms with Crippen molar-refractivity contribution in [3.05, 3.63) is 30.1 Å². The zero-order valence-electron chi connectivity index (χ0n) is 10.7. The van der Waals surface area contributed by atoms with Gasteiger partial charge in [-0.25, -0.2) is 22.5 Å². The molecule has 0 spiro atoms. The van der Waals surface area contributed by atoms with Crippen LogP contribution in [-0.4, -0.2) is 55.4 Å². The Balaban J connectivity index is 1.72.